The van der Waals surface area contributed by atoms with Gasteiger partial charge < -0.3 is 9.73 Å². The molecule has 1 N–H and O–H groups in total. The van der Waals surface area contributed by atoms with Crippen molar-refractivity contribution >= 4 is 17.0 Å². The van der Waals surface area contributed by atoms with Gasteiger partial charge in [-0.05, 0) is 29.7 Å². The Kier molecular flexibility index (Phi) is 4.19. The van der Waals surface area contributed by atoms with Crippen molar-refractivity contribution in [3.8, 4) is 0 Å². The Morgan fingerprint density at radius 1 is 1.14 bits per heavy atom. The molecule has 0 aliphatic rings. The van der Waals surface area contributed by atoms with E-state index >= 15 is 0 Å². The molecule has 22 heavy (non-hydrogen) atoms. The van der Waals surface area contributed by atoms with Crippen LogP contribution in [0.25, 0.3) is 11.1 Å². The summed E-state index contributed by atoms with van der Waals surface area (Å²) in [7, 11) is 0. The molecule has 0 bridgehead atoms. The third kappa shape index (κ3) is 3.52. The minimum atomic E-state index is 0.0558. The van der Waals surface area contributed by atoms with Gasteiger partial charge in [-0.2, -0.15) is 0 Å². The number of aryl methyl sites for hydroxylation is 2. The molecule has 0 atom stereocenters. The topological polar surface area (TPSA) is 55.1 Å². The molecule has 0 saturated heterocycles. The molecule has 4 nitrogen and oxygen atoms in total. The van der Waals surface area contributed by atoms with Gasteiger partial charge >= 0.3 is 0 Å². The number of nitrogens with one attached hydrogen (secondary N) is 1. The van der Waals surface area contributed by atoms with Crippen LogP contribution < -0.4 is 5.32 Å². The molecule has 1 amide bonds. The fraction of sp³-hybridized carbons (Fsp3) is 0.222. The highest BCUT2D eigenvalue weighted by molar-refractivity contribution is 5.77. The molecule has 4 heteroatoms. The Hall–Kier alpha value is -2.62. The zero-order valence-corrected chi connectivity index (χ0v) is 12.5. The largest absolute Gasteiger partial charge is 0.441 e. The van der Waals surface area contributed by atoms with Crippen molar-refractivity contribution in [2.45, 2.75) is 26.3 Å². The maximum atomic E-state index is 11.9. The number of rotatable bonds is 5. The Bertz CT molecular complexity index is 778. The average molecular weight is 294 g/mol. The van der Waals surface area contributed by atoms with E-state index in [0.717, 1.165) is 23.1 Å². The number of amides is 1. The van der Waals surface area contributed by atoms with E-state index in [1.807, 2.05) is 55.5 Å². The monoisotopic (exact) mass is 294 g/mol. The highest BCUT2D eigenvalue weighted by Crippen LogP contribution is 2.16. The minimum absolute atomic E-state index is 0.0558. The molecule has 2 aromatic carbocycles. The Labute approximate surface area is 129 Å². The summed E-state index contributed by atoms with van der Waals surface area (Å²) in [6, 6.07) is 15.8. The van der Waals surface area contributed by atoms with E-state index in [1.54, 1.807) is 0 Å². The summed E-state index contributed by atoms with van der Waals surface area (Å²) in [5.74, 6) is 0.708. The number of carbonyl (C=O) groups excluding carboxylic acids is 1. The van der Waals surface area contributed by atoms with Crippen LogP contribution in [0.4, 0.5) is 0 Å². The molecule has 1 heterocycles. The number of benzene rings is 2. The van der Waals surface area contributed by atoms with E-state index in [2.05, 4.69) is 10.3 Å². The maximum absolute atomic E-state index is 11.9. The molecular formula is C18H18N2O2. The summed E-state index contributed by atoms with van der Waals surface area (Å²) < 4.78 is 5.44. The lowest BCUT2D eigenvalue weighted by Crippen LogP contribution is -2.22. The van der Waals surface area contributed by atoms with Crippen molar-refractivity contribution in [2.75, 3.05) is 0 Å². The van der Waals surface area contributed by atoms with E-state index in [1.165, 1.54) is 5.56 Å². The first-order valence-corrected chi connectivity index (χ1v) is 7.37. The lowest BCUT2D eigenvalue weighted by Gasteiger charge is -2.05. The van der Waals surface area contributed by atoms with Gasteiger partial charge in [-0.1, -0.05) is 36.4 Å². The summed E-state index contributed by atoms with van der Waals surface area (Å²) in [5.41, 5.74) is 3.80. The number of hydrogen-bond donors (Lipinski definition) is 1. The molecule has 0 unspecified atom stereocenters. The van der Waals surface area contributed by atoms with Crippen LogP contribution in [0.1, 0.15) is 23.4 Å². The molecule has 0 aliphatic carbocycles. The van der Waals surface area contributed by atoms with Crippen molar-refractivity contribution in [1.29, 1.82) is 0 Å². The van der Waals surface area contributed by atoms with E-state index in [4.69, 9.17) is 4.42 Å². The zero-order valence-electron chi connectivity index (χ0n) is 12.5. The zero-order chi connectivity index (χ0) is 15.4. The van der Waals surface area contributed by atoms with Gasteiger partial charge in [-0.3, -0.25) is 4.79 Å². The third-order valence-corrected chi connectivity index (χ3v) is 3.53. The van der Waals surface area contributed by atoms with Gasteiger partial charge in [0.05, 0.1) is 0 Å². The second-order valence-electron chi connectivity index (χ2n) is 5.30. The minimum Gasteiger partial charge on any atom is -0.441 e. The first-order valence-electron chi connectivity index (χ1n) is 7.37. The van der Waals surface area contributed by atoms with Crippen molar-refractivity contribution in [2.24, 2.45) is 0 Å². The van der Waals surface area contributed by atoms with E-state index in [9.17, 15) is 4.79 Å². The molecule has 0 aliphatic heterocycles. The lowest BCUT2D eigenvalue weighted by molar-refractivity contribution is -0.121. The van der Waals surface area contributed by atoms with Crippen molar-refractivity contribution in [1.82, 2.24) is 10.3 Å². The number of oxazole rings is 1. The molecule has 0 fully saturated rings. The van der Waals surface area contributed by atoms with Gasteiger partial charge in [0.1, 0.15) is 5.52 Å². The lowest BCUT2D eigenvalue weighted by atomic mass is 10.1. The predicted octanol–water partition coefficient (Wildman–Crippen LogP) is 3.39. The molecule has 1 aromatic heterocycles. The molecule has 3 aromatic rings. The Balaban J connectivity index is 1.53. The highest BCUT2D eigenvalue weighted by Gasteiger charge is 2.05. The quantitative estimate of drug-likeness (QED) is 0.784. The van der Waals surface area contributed by atoms with Crippen molar-refractivity contribution in [3.05, 3.63) is 65.5 Å². The summed E-state index contributed by atoms with van der Waals surface area (Å²) >= 11 is 0. The van der Waals surface area contributed by atoms with Crippen LogP contribution in [0, 0.1) is 6.92 Å². The van der Waals surface area contributed by atoms with Crippen LogP contribution in [0.15, 0.2) is 52.9 Å². The van der Waals surface area contributed by atoms with Crippen LogP contribution in [0.2, 0.25) is 0 Å². The molecular weight excluding hydrogens is 276 g/mol. The van der Waals surface area contributed by atoms with E-state index in [-0.39, 0.29) is 5.91 Å². The van der Waals surface area contributed by atoms with Gasteiger partial charge in [-0.25, -0.2) is 4.98 Å². The summed E-state index contributed by atoms with van der Waals surface area (Å²) in [6.45, 7) is 2.33. The second kappa shape index (κ2) is 6.43. The molecule has 0 spiro atoms. The fourth-order valence-electron chi connectivity index (χ4n) is 2.39. The van der Waals surface area contributed by atoms with Gasteiger partial charge in [0.2, 0.25) is 5.91 Å². The first-order chi connectivity index (χ1) is 10.7. The number of carbonyl (C=O) groups is 1. The second-order valence-corrected chi connectivity index (χ2v) is 5.30. The van der Waals surface area contributed by atoms with Crippen molar-refractivity contribution < 1.29 is 9.21 Å². The van der Waals surface area contributed by atoms with E-state index < -0.39 is 0 Å². The summed E-state index contributed by atoms with van der Waals surface area (Å²) in [5, 5.41) is 2.94. The van der Waals surface area contributed by atoms with Gasteiger partial charge in [0.15, 0.2) is 11.5 Å². The number of aromatic nitrogens is 1. The Morgan fingerprint density at radius 2 is 1.95 bits per heavy atom. The Morgan fingerprint density at radius 3 is 2.77 bits per heavy atom. The molecule has 112 valence electrons. The highest BCUT2D eigenvalue weighted by atomic mass is 16.3. The summed E-state index contributed by atoms with van der Waals surface area (Å²) in [4.78, 5) is 16.2. The fourth-order valence-corrected chi connectivity index (χ4v) is 2.39. The molecule has 0 saturated carbocycles. The van der Waals surface area contributed by atoms with Gasteiger partial charge in [0, 0.05) is 19.9 Å². The van der Waals surface area contributed by atoms with Gasteiger partial charge in [0.25, 0.3) is 0 Å². The standard InChI is InChI=1S/C18H18N2O2/c1-13-20-16-11-15(7-9-17(16)22-13)12-19-18(21)10-8-14-5-3-2-4-6-14/h2-7,9,11H,8,10,12H2,1H3,(H,19,21). The maximum Gasteiger partial charge on any atom is 0.220 e. The normalized spacial score (nSPS) is 10.8. The van der Waals surface area contributed by atoms with Gasteiger partial charge in [-0.15, -0.1) is 0 Å². The SMILES string of the molecule is Cc1nc2cc(CNC(=O)CCc3ccccc3)ccc2o1. The van der Waals surface area contributed by atoms with E-state index in [0.29, 0.717) is 18.9 Å². The van der Waals surface area contributed by atoms with Crippen LogP contribution in [0.5, 0.6) is 0 Å². The predicted molar refractivity (Wildman–Crippen MR) is 85.4 cm³/mol. The number of hydrogen-bond acceptors (Lipinski definition) is 3. The van der Waals surface area contributed by atoms with Crippen LogP contribution >= 0.6 is 0 Å². The van der Waals surface area contributed by atoms with Crippen LogP contribution in [-0.2, 0) is 17.8 Å². The molecule has 0 radical (unpaired) electrons. The molecule has 3 rings (SSSR count). The smallest absolute Gasteiger partial charge is 0.220 e. The number of nitrogens with zero attached hydrogens (tertiary/aromatic N) is 1. The van der Waals surface area contributed by atoms with Crippen LogP contribution in [-0.4, -0.2) is 10.9 Å². The van der Waals surface area contributed by atoms with Crippen LogP contribution in [0.3, 0.4) is 0 Å². The summed E-state index contributed by atoms with van der Waals surface area (Å²) in [6.07, 6.45) is 1.25. The third-order valence-electron chi connectivity index (χ3n) is 3.53. The van der Waals surface area contributed by atoms with Crippen molar-refractivity contribution in [3.63, 3.8) is 0 Å². The first kappa shape index (κ1) is 14.3. The number of fused-ring (bicyclic) bond motifs is 1. The average Bonchev–Trinajstić information content (AvgIpc) is 2.91.